The molecule has 0 atom stereocenters. The number of H-pyrrole nitrogens is 1. The van der Waals surface area contributed by atoms with E-state index in [2.05, 4.69) is 9.97 Å². The molecule has 2 aromatic rings. The fourth-order valence-corrected chi connectivity index (χ4v) is 1.21. The maximum Gasteiger partial charge on any atom is 0.251 e. The van der Waals surface area contributed by atoms with Gasteiger partial charge in [-0.3, -0.25) is 4.79 Å². The smallest absolute Gasteiger partial charge is 0.251 e. The molecular weight excluding hydrogens is 188 g/mol. The standard InChI is InChI=1S/C12H10N2O/c15-12-8-9-13-11(14-12)7-6-10-4-2-1-3-5-10/h1-9H,(H,13,14,15). The molecule has 0 unspecified atom stereocenters. The van der Waals surface area contributed by atoms with Gasteiger partial charge in [0.25, 0.3) is 5.56 Å². The molecule has 0 aliphatic heterocycles. The van der Waals surface area contributed by atoms with E-state index in [1.54, 1.807) is 6.08 Å². The van der Waals surface area contributed by atoms with Crippen molar-refractivity contribution in [1.29, 1.82) is 0 Å². The van der Waals surface area contributed by atoms with Crippen molar-refractivity contribution in [2.75, 3.05) is 0 Å². The molecule has 0 saturated heterocycles. The van der Waals surface area contributed by atoms with Gasteiger partial charge in [-0.1, -0.05) is 36.4 Å². The van der Waals surface area contributed by atoms with Crippen LogP contribution < -0.4 is 5.56 Å². The first kappa shape index (κ1) is 9.40. The number of rotatable bonds is 2. The van der Waals surface area contributed by atoms with Crippen molar-refractivity contribution < 1.29 is 0 Å². The molecule has 0 amide bonds. The van der Waals surface area contributed by atoms with Crippen molar-refractivity contribution in [3.05, 3.63) is 64.3 Å². The Morgan fingerprint density at radius 3 is 2.60 bits per heavy atom. The molecule has 1 heterocycles. The summed E-state index contributed by atoms with van der Waals surface area (Å²) >= 11 is 0. The molecule has 15 heavy (non-hydrogen) atoms. The topological polar surface area (TPSA) is 45.8 Å². The zero-order valence-electron chi connectivity index (χ0n) is 8.05. The molecule has 2 rings (SSSR count). The summed E-state index contributed by atoms with van der Waals surface area (Å²) in [6.07, 6.45) is 5.17. The van der Waals surface area contributed by atoms with Crippen LogP contribution in [0.5, 0.6) is 0 Å². The van der Waals surface area contributed by atoms with E-state index in [0.717, 1.165) is 5.56 Å². The maximum atomic E-state index is 11.0. The van der Waals surface area contributed by atoms with Gasteiger partial charge in [-0.15, -0.1) is 0 Å². The van der Waals surface area contributed by atoms with Gasteiger partial charge in [-0.2, -0.15) is 0 Å². The van der Waals surface area contributed by atoms with E-state index in [4.69, 9.17) is 0 Å². The minimum Gasteiger partial charge on any atom is -0.307 e. The second-order valence-corrected chi connectivity index (χ2v) is 3.06. The van der Waals surface area contributed by atoms with E-state index in [9.17, 15) is 4.79 Å². The lowest BCUT2D eigenvalue weighted by Gasteiger charge is -1.92. The molecule has 1 N–H and O–H groups in total. The van der Waals surface area contributed by atoms with E-state index in [1.165, 1.54) is 12.3 Å². The van der Waals surface area contributed by atoms with Crippen molar-refractivity contribution in [3.8, 4) is 0 Å². The average Bonchev–Trinajstić information content (AvgIpc) is 2.28. The third-order valence-electron chi connectivity index (χ3n) is 1.92. The van der Waals surface area contributed by atoms with Gasteiger partial charge in [-0.25, -0.2) is 4.98 Å². The van der Waals surface area contributed by atoms with Crippen LogP contribution in [0.2, 0.25) is 0 Å². The highest BCUT2D eigenvalue weighted by Crippen LogP contribution is 2.02. The minimum atomic E-state index is -0.141. The van der Waals surface area contributed by atoms with Crippen LogP contribution in [0.15, 0.2) is 47.4 Å². The highest BCUT2D eigenvalue weighted by molar-refractivity contribution is 5.66. The number of hydrogen-bond donors (Lipinski definition) is 1. The Bertz CT molecular complexity index is 514. The molecule has 0 aliphatic rings. The summed E-state index contributed by atoms with van der Waals surface area (Å²) in [5.74, 6) is 0.561. The van der Waals surface area contributed by atoms with Crippen molar-refractivity contribution in [2.45, 2.75) is 0 Å². The zero-order valence-corrected chi connectivity index (χ0v) is 8.05. The SMILES string of the molecule is O=c1ccnc(C=Cc2ccccc2)[nH]1. The Kier molecular flexibility index (Phi) is 2.74. The molecule has 0 saturated carbocycles. The van der Waals surface area contributed by atoms with E-state index in [0.29, 0.717) is 5.82 Å². The molecule has 3 heteroatoms. The Balaban J connectivity index is 2.23. The van der Waals surface area contributed by atoms with Crippen molar-refractivity contribution >= 4 is 12.2 Å². The Morgan fingerprint density at radius 2 is 1.87 bits per heavy atom. The Hall–Kier alpha value is -2.16. The molecule has 0 bridgehead atoms. The van der Waals surface area contributed by atoms with Crippen LogP contribution in [0.25, 0.3) is 12.2 Å². The van der Waals surface area contributed by atoms with E-state index in [1.807, 2.05) is 36.4 Å². The normalized spacial score (nSPS) is 10.7. The van der Waals surface area contributed by atoms with Gasteiger partial charge in [0.15, 0.2) is 0 Å². The first-order valence-corrected chi connectivity index (χ1v) is 4.63. The molecule has 1 aromatic heterocycles. The molecule has 0 spiro atoms. The van der Waals surface area contributed by atoms with Gasteiger partial charge in [-0.05, 0) is 11.6 Å². The highest BCUT2D eigenvalue weighted by atomic mass is 16.1. The monoisotopic (exact) mass is 198 g/mol. The van der Waals surface area contributed by atoms with Crippen LogP contribution in [0.1, 0.15) is 11.4 Å². The highest BCUT2D eigenvalue weighted by Gasteiger charge is 1.88. The quantitative estimate of drug-likeness (QED) is 0.801. The van der Waals surface area contributed by atoms with Gasteiger partial charge in [0.05, 0.1) is 0 Å². The van der Waals surface area contributed by atoms with E-state index in [-0.39, 0.29) is 5.56 Å². The van der Waals surface area contributed by atoms with Crippen LogP contribution >= 0.6 is 0 Å². The van der Waals surface area contributed by atoms with E-state index < -0.39 is 0 Å². The summed E-state index contributed by atoms with van der Waals surface area (Å²) in [6, 6.07) is 11.2. The van der Waals surface area contributed by atoms with Gasteiger partial charge < -0.3 is 4.98 Å². The van der Waals surface area contributed by atoms with Gasteiger partial charge >= 0.3 is 0 Å². The van der Waals surface area contributed by atoms with Gasteiger partial charge in [0.2, 0.25) is 0 Å². The predicted octanol–water partition coefficient (Wildman–Crippen LogP) is 1.94. The summed E-state index contributed by atoms with van der Waals surface area (Å²) in [5.41, 5.74) is 0.932. The largest absolute Gasteiger partial charge is 0.307 e. The molecule has 74 valence electrons. The second-order valence-electron chi connectivity index (χ2n) is 3.06. The van der Waals surface area contributed by atoms with Crippen molar-refractivity contribution in [2.24, 2.45) is 0 Å². The van der Waals surface area contributed by atoms with Gasteiger partial charge in [0, 0.05) is 12.3 Å². The average molecular weight is 198 g/mol. The first-order chi connectivity index (χ1) is 7.34. The minimum absolute atomic E-state index is 0.141. The lowest BCUT2D eigenvalue weighted by molar-refractivity contribution is 1.09. The number of aromatic nitrogens is 2. The fourth-order valence-electron chi connectivity index (χ4n) is 1.21. The molecule has 3 nitrogen and oxygen atoms in total. The zero-order chi connectivity index (χ0) is 10.5. The fraction of sp³-hybridized carbons (Fsp3) is 0. The third kappa shape index (κ3) is 2.64. The lowest BCUT2D eigenvalue weighted by atomic mass is 10.2. The maximum absolute atomic E-state index is 11.0. The molecule has 0 aliphatic carbocycles. The summed E-state index contributed by atoms with van der Waals surface area (Å²) in [5, 5.41) is 0. The molecular formula is C12H10N2O. The second kappa shape index (κ2) is 4.37. The third-order valence-corrected chi connectivity index (χ3v) is 1.92. The summed E-state index contributed by atoms with van der Waals surface area (Å²) < 4.78 is 0. The first-order valence-electron chi connectivity index (χ1n) is 4.63. The van der Waals surface area contributed by atoms with Crippen LogP contribution in [0.3, 0.4) is 0 Å². The van der Waals surface area contributed by atoms with Crippen LogP contribution in [0, 0.1) is 0 Å². The van der Waals surface area contributed by atoms with E-state index >= 15 is 0 Å². The summed E-state index contributed by atoms with van der Waals surface area (Å²) in [4.78, 5) is 17.6. The molecule has 1 aromatic carbocycles. The van der Waals surface area contributed by atoms with Crippen LogP contribution in [-0.2, 0) is 0 Å². The van der Waals surface area contributed by atoms with Gasteiger partial charge in [0.1, 0.15) is 5.82 Å². The Labute approximate surface area is 87.1 Å². The summed E-state index contributed by atoms with van der Waals surface area (Å²) in [6.45, 7) is 0. The van der Waals surface area contributed by atoms with Crippen molar-refractivity contribution in [1.82, 2.24) is 9.97 Å². The molecule has 0 fully saturated rings. The summed E-state index contributed by atoms with van der Waals surface area (Å²) in [7, 11) is 0. The Morgan fingerprint density at radius 1 is 1.07 bits per heavy atom. The number of benzene rings is 1. The molecule has 0 radical (unpaired) electrons. The number of nitrogens with one attached hydrogen (secondary N) is 1. The number of aromatic amines is 1. The number of hydrogen-bond acceptors (Lipinski definition) is 2. The van der Waals surface area contributed by atoms with Crippen LogP contribution in [0.4, 0.5) is 0 Å². The van der Waals surface area contributed by atoms with Crippen LogP contribution in [-0.4, -0.2) is 9.97 Å². The number of nitrogens with zero attached hydrogens (tertiary/aromatic N) is 1. The van der Waals surface area contributed by atoms with Crippen molar-refractivity contribution in [3.63, 3.8) is 0 Å². The predicted molar refractivity (Wildman–Crippen MR) is 60.2 cm³/mol. The lowest BCUT2D eigenvalue weighted by Crippen LogP contribution is -2.05.